The number of alkyl halides is 3. The molecule has 0 unspecified atom stereocenters. The summed E-state index contributed by atoms with van der Waals surface area (Å²) in [6, 6.07) is 0. The van der Waals surface area contributed by atoms with Crippen LogP contribution in [0.4, 0.5) is 0 Å². The van der Waals surface area contributed by atoms with Gasteiger partial charge in [-0.2, -0.15) is 0 Å². The SMILES string of the molecule is CCCN1C(=O)C=C/C1=C/C(=O)C(Cl)(Cl)Cl. The molecule has 0 radical (unpaired) electrons. The van der Waals surface area contributed by atoms with Crippen molar-refractivity contribution in [1.29, 1.82) is 0 Å². The van der Waals surface area contributed by atoms with Crippen LogP contribution in [0.15, 0.2) is 23.9 Å². The Morgan fingerprint density at radius 3 is 2.56 bits per heavy atom. The third kappa shape index (κ3) is 3.24. The highest BCUT2D eigenvalue weighted by molar-refractivity contribution is 6.77. The summed E-state index contributed by atoms with van der Waals surface area (Å²) in [6.45, 7) is 2.46. The topological polar surface area (TPSA) is 37.4 Å². The van der Waals surface area contributed by atoms with Gasteiger partial charge in [-0.25, -0.2) is 0 Å². The molecule has 6 heteroatoms. The molecule has 0 spiro atoms. The van der Waals surface area contributed by atoms with Crippen LogP contribution in [0.1, 0.15) is 13.3 Å². The minimum absolute atomic E-state index is 0.162. The van der Waals surface area contributed by atoms with Crippen LogP contribution in [0, 0.1) is 0 Å². The molecule has 0 aromatic rings. The summed E-state index contributed by atoms with van der Waals surface area (Å²) in [4.78, 5) is 24.3. The number of rotatable bonds is 3. The fourth-order valence-corrected chi connectivity index (χ4v) is 1.43. The Balaban J connectivity index is 2.88. The molecule has 1 heterocycles. The molecule has 0 bridgehead atoms. The molecule has 1 rings (SSSR count). The van der Waals surface area contributed by atoms with Crippen molar-refractivity contribution in [2.24, 2.45) is 0 Å². The van der Waals surface area contributed by atoms with Gasteiger partial charge in [0.2, 0.25) is 5.78 Å². The van der Waals surface area contributed by atoms with Crippen molar-refractivity contribution in [3.63, 3.8) is 0 Å². The second kappa shape index (κ2) is 5.21. The Labute approximate surface area is 109 Å². The van der Waals surface area contributed by atoms with E-state index in [9.17, 15) is 9.59 Å². The quantitative estimate of drug-likeness (QED) is 0.589. The zero-order valence-corrected chi connectivity index (χ0v) is 10.8. The smallest absolute Gasteiger partial charge is 0.252 e. The van der Waals surface area contributed by atoms with Gasteiger partial charge in [0.15, 0.2) is 0 Å². The van der Waals surface area contributed by atoms with Crippen molar-refractivity contribution in [3.05, 3.63) is 23.9 Å². The Morgan fingerprint density at radius 2 is 2.06 bits per heavy atom. The third-order valence-corrected chi connectivity index (χ3v) is 2.54. The molecular weight excluding hydrogens is 272 g/mol. The van der Waals surface area contributed by atoms with Gasteiger partial charge in [-0.3, -0.25) is 9.59 Å². The van der Waals surface area contributed by atoms with Crippen LogP contribution >= 0.6 is 34.8 Å². The van der Waals surface area contributed by atoms with E-state index in [1.165, 1.54) is 23.1 Å². The van der Waals surface area contributed by atoms with E-state index in [4.69, 9.17) is 34.8 Å². The predicted molar refractivity (Wildman–Crippen MR) is 64.5 cm³/mol. The number of halogens is 3. The number of hydrogen-bond acceptors (Lipinski definition) is 2. The van der Waals surface area contributed by atoms with E-state index in [1.54, 1.807) is 0 Å². The maximum atomic E-state index is 11.4. The molecule has 0 saturated carbocycles. The van der Waals surface area contributed by atoms with E-state index in [2.05, 4.69) is 0 Å². The minimum atomic E-state index is -1.98. The van der Waals surface area contributed by atoms with Crippen molar-refractivity contribution >= 4 is 46.5 Å². The molecule has 0 aromatic heterocycles. The summed E-state index contributed by atoms with van der Waals surface area (Å²) >= 11 is 16.3. The fraction of sp³-hybridized carbons (Fsp3) is 0.400. The lowest BCUT2D eigenvalue weighted by Gasteiger charge is -2.17. The summed E-state index contributed by atoms with van der Waals surface area (Å²) in [5.41, 5.74) is 0.461. The van der Waals surface area contributed by atoms with Gasteiger partial charge in [-0.1, -0.05) is 41.7 Å². The normalized spacial score (nSPS) is 18.6. The van der Waals surface area contributed by atoms with Crippen molar-refractivity contribution in [2.45, 2.75) is 17.1 Å². The van der Waals surface area contributed by atoms with Gasteiger partial charge in [-0.05, 0) is 12.5 Å². The van der Waals surface area contributed by atoms with Crippen LogP contribution in [-0.2, 0) is 9.59 Å². The van der Waals surface area contributed by atoms with Gasteiger partial charge in [0.05, 0.1) is 0 Å². The summed E-state index contributed by atoms with van der Waals surface area (Å²) in [6.07, 6.45) is 4.87. The van der Waals surface area contributed by atoms with E-state index >= 15 is 0 Å². The van der Waals surface area contributed by atoms with Crippen LogP contribution in [0.25, 0.3) is 0 Å². The Kier molecular flexibility index (Phi) is 4.42. The summed E-state index contributed by atoms with van der Waals surface area (Å²) in [5, 5.41) is 0. The molecule has 0 aliphatic carbocycles. The van der Waals surface area contributed by atoms with Crippen molar-refractivity contribution in [3.8, 4) is 0 Å². The van der Waals surface area contributed by atoms with Crippen molar-refractivity contribution in [1.82, 2.24) is 4.90 Å². The first kappa shape index (κ1) is 13.6. The number of amides is 1. The maximum Gasteiger partial charge on any atom is 0.252 e. The van der Waals surface area contributed by atoms with Crippen LogP contribution < -0.4 is 0 Å². The summed E-state index contributed by atoms with van der Waals surface area (Å²) < 4.78 is -1.98. The molecule has 0 N–H and O–H groups in total. The number of hydrogen-bond donors (Lipinski definition) is 0. The van der Waals surface area contributed by atoms with E-state index in [-0.39, 0.29) is 5.91 Å². The molecule has 0 fully saturated rings. The Bertz CT molecular complexity index is 369. The minimum Gasteiger partial charge on any atom is -0.309 e. The van der Waals surface area contributed by atoms with Gasteiger partial charge in [0, 0.05) is 24.4 Å². The second-order valence-electron chi connectivity index (χ2n) is 3.25. The van der Waals surface area contributed by atoms with Gasteiger partial charge >= 0.3 is 0 Å². The van der Waals surface area contributed by atoms with Crippen LogP contribution in [0.2, 0.25) is 0 Å². The van der Waals surface area contributed by atoms with Crippen LogP contribution in [0.3, 0.4) is 0 Å². The predicted octanol–water partition coefficient (Wildman–Crippen LogP) is 2.62. The standard InChI is InChI=1S/C10H10Cl3NO2/c1-2-5-14-7(3-4-9(14)16)6-8(15)10(11,12)13/h3-4,6H,2,5H2,1H3/b7-6-. The summed E-state index contributed by atoms with van der Waals surface area (Å²) in [7, 11) is 0. The molecule has 0 saturated heterocycles. The first-order valence-corrected chi connectivity index (χ1v) is 5.82. The molecule has 16 heavy (non-hydrogen) atoms. The van der Waals surface area contributed by atoms with Gasteiger partial charge in [0.1, 0.15) is 0 Å². The lowest BCUT2D eigenvalue weighted by atomic mass is 10.3. The molecule has 1 amide bonds. The Morgan fingerprint density at radius 1 is 1.44 bits per heavy atom. The van der Waals surface area contributed by atoms with Gasteiger partial charge < -0.3 is 4.90 Å². The van der Waals surface area contributed by atoms with Gasteiger partial charge in [-0.15, -0.1) is 0 Å². The zero-order valence-electron chi connectivity index (χ0n) is 8.54. The molecule has 0 atom stereocenters. The Hall–Kier alpha value is -0.510. The average Bonchev–Trinajstić information content (AvgIpc) is 2.49. The molecule has 0 aromatic carbocycles. The first-order chi connectivity index (χ1) is 7.36. The first-order valence-electron chi connectivity index (χ1n) is 4.68. The maximum absolute atomic E-state index is 11.4. The zero-order chi connectivity index (χ0) is 12.3. The fourth-order valence-electron chi connectivity index (χ4n) is 1.27. The molecule has 1 aliphatic rings. The van der Waals surface area contributed by atoms with Crippen LogP contribution in [0.5, 0.6) is 0 Å². The number of nitrogens with zero attached hydrogens (tertiary/aromatic N) is 1. The average molecular weight is 283 g/mol. The van der Waals surface area contributed by atoms with E-state index in [0.717, 1.165) is 6.42 Å². The summed E-state index contributed by atoms with van der Waals surface area (Å²) in [5.74, 6) is -0.821. The number of carbonyl (C=O) groups excluding carboxylic acids is 2. The highest BCUT2D eigenvalue weighted by Crippen LogP contribution is 2.29. The monoisotopic (exact) mass is 281 g/mol. The number of ketones is 1. The van der Waals surface area contributed by atoms with Crippen LogP contribution in [-0.4, -0.2) is 26.9 Å². The van der Waals surface area contributed by atoms with Crippen molar-refractivity contribution < 1.29 is 9.59 Å². The highest BCUT2D eigenvalue weighted by atomic mass is 35.6. The van der Waals surface area contributed by atoms with Gasteiger partial charge in [0.25, 0.3) is 9.70 Å². The number of carbonyl (C=O) groups is 2. The highest BCUT2D eigenvalue weighted by Gasteiger charge is 2.30. The van der Waals surface area contributed by atoms with E-state index in [0.29, 0.717) is 12.2 Å². The van der Waals surface area contributed by atoms with E-state index < -0.39 is 9.58 Å². The largest absolute Gasteiger partial charge is 0.309 e. The third-order valence-electron chi connectivity index (χ3n) is 1.98. The number of allylic oxidation sites excluding steroid dienone is 2. The molecule has 1 aliphatic heterocycles. The molecule has 3 nitrogen and oxygen atoms in total. The van der Waals surface area contributed by atoms with Crippen molar-refractivity contribution in [2.75, 3.05) is 6.54 Å². The second-order valence-corrected chi connectivity index (χ2v) is 5.54. The van der Waals surface area contributed by atoms with E-state index in [1.807, 2.05) is 6.92 Å². The lowest BCUT2D eigenvalue weighted by Crippen LogP contribution is -2.26. The lowest BCUT2D eigenvalue weighted by molar-refractivity contribution is -0.123. The molecular formula is C10H10Cl3NO2. The molecule has 88 valence electrons.